The maximum Gasteiger partial charge on any atom is 0.141 e. The van der Waals surface area contributed by atoms with Crippen LogP contribution in [0.15, 0.2) is 18.2 Å². The van der Waals surface area contributed by atoms with Gasteiger partial charge in [0.15, 0.2) is 0 Å². The maximum atomic E-state index is 13.0. The van der Waals surface area contributed by atoms with Crippen molar-refractivity contribution in [2.75, 3.05) is 12.8 Å². The second-order valence-electron chi connectivity index (χ2n) is 4.45. The first-order chi connectivity index (χ1) is 8.56. The predicted octanol–water partition coefficient (Wildman–Crippen LogP) is 4.49. The third kappa shape index (κ3) is 4.15. The molecule has 1 aromatic carbocycles. The number of rotatable bonds is 7. The van der Waals surface area contributed by atoms with E-state index in [0.717, 1.165) is 31.5 Å². The van der Waals surface area contributed by atoms with E-state index in [1.54, 1.807) is 12.1 Å². The second kappa shape index (κ2) is 7.37. The van der Waals surface area contributed by atoms with Gasteiger partial charge >= 0.3 is 0 Å². The molecule has 0 saturated carbocycles. The summed E-state index contributed by atoms with van der Waals surface area (Å²) in [5.41, 5.74) is 1.02. The van der Waals surface area contributed by atoms with Crippen LogP contribution >= 0.6 is 23.4 Å². The van der Waals surface area contributed by atoms with Crippen molar-refractivity contribution in [3.63, 3.8) is 0 Å². The van der Waals surface area contributed by atoms with Gasteiger partial charge in [0.05, 0.1) is 5.02 Å². The van der Waals surface area contributed by atoms with Crippen molar-refractivity contribution in [2.45, 2.75) is 38.0 Å². The highest BCUT2D eigenvalue weighted by atomic mass is 35.5. The van der Waals surface area contributed by atoms with Crippen LogP contribution < -0.4 is 5.32 Å². The van der Waals surface area contributed by atoms with E-state index in [4.69, 9.17) is 11.6 Å². The number of hydrogen-bond acceptors (Lipinski definition) is 2. The lowest BCUT2D eigenvalue weighted by Gasteiger charge is -2.30. The van der Waals surface area contributed by atoms with Crippen LogP contribution in [0.3, 0.4) is 0 Å². The lowest BCUT2D eigenvalue weighted by atomic mass is 10.0. The van der Waals surface area contributed by atoms with Gasteiger partial charge in [0.1, 0.15) is 5.82 Å². The molecule has 0 amide bonds. The maximum absolute atomic E-state index is 13.0. The lowest BCUT2D eigenvalue weighted by Crippen LogP contribution is -2.36. The highest BCUT2D eigenvalue weighted by Crippen LogP contribution is 2.29. The molecule has 0 fully saturated rings. The Morgan fingerprint density at radius 1 is 1.33 bits per heavy atom. The fourth-order valence-corrected chi connectivity index (χ4v) is 2.97. The molecule has 0 aliphatic carbocycles. The van der Waals surface area contributed by atoms with E-state index in [0.29, 0.717) is 4.75 Å². The summed E-state index contributed by atoms with van der Waals surface area (Å²) in [6.07, 6.45) is 4.44. The standard InChI is InChI=1S/C14H21ClFNS/c1-4-14(5-2,18-3)10-17-9-11-6-7-13(16)12(15)8-11/h6-8,17H,4-5,9-10H2,1-3H3. The summed E-state index contributed by atoms with van der Waals surface area (Å²) in [5.74, 6) is -0.360. The number of nitrogens with one attached hydrogen (secondary N) is 1. The van der Waals surface area contributed by atoms with Gasteiger partial charge in [-0.1, -0.05) is 31.5 Å². The van der Waals surface area contributed by atoms with E-state index in [-0.39, 0.29) is 10.8 Å². The van der Waals surface area contributed by atoms with Gasteiger partial charge in [-0.25, -0.2) is 4.39 Å². The fraction of sp³-hybridized carbons (Fsp3) is 0.571. The van der Waals surface area contributed by atoms with Crippen LogP contribution in [0.25, 0.3) is 0 Å². The summed E-state index contributed by atoms with van der Waals surface area (Å²) in [6, 6.07) is 4.87. The molecule has 4 heteroatoms. The van der Waals surface area contributed by atoms with Crippen molar-refractivity contribution < 1.29 is 4.39 Å². The molecule has 0 unspecified atom stereocenters. The first-order valence-corrected chi connectivity index (χ1v) is 7.87. The molecule has 0 aliphatic rings. The van der Waals surface area contributed by atoms with Crippen LogP contribution in [-0.2, 0) is 6.54 Å². The summed E-state index contributed by atoms with van der Waals surface area (Å²) in [5, 5.41) is 3.63. The van der Waals surface area contributed by atoms with Gasteiger partial charge in [-0.05, 0) is 36.8 Å². The Hall–Kier alpha value is -0.250. The van der Waals surface area contributed by atoms with Gasteiger partial charge < -0.3 is 5.32 Å². The molecule has 0 radical (unpaired) electrons. The number of hydrogen-bond donors (Lipinski definition) is 1. The summed E-state index contributed by atoms with van der Waals surface area (Å²) >= 11 is 7.67. The molecule has 1 aromatic rings. The molecule has 1 rings (SSSR count). The lowest BCUT2D eigenvalue weighted by molar-refractivity contribution is 0.495. The molecular weight excluding hydrogens is 269 g/mol. The molecule has 0 atom stereocenters. The van der Waals surface area contributed by atoms with Crippen molar-refractivity contribution in [3.05, 3.63) is 34.6 Å². The minimum atomic E-state index is -0.360. The van der Waals surface area contributed by atoms with Crippen molar-refractivity contribution in [1.29, 1.82) is 0 Å². The summed E-state index contributed by atoms with van der Waals surface area (Å²) < 4.78 is 13.3. The van der Waals surface area contributed by atoms with Crippen molar-refractivity contribution in [1.82, 2.24) is 5.32 Å². The average Bonchev–Trinajstić information content (AvgIpc) is 2.39. The molecule has 0 aliphatic heterocycles. The van der Waals surface area contributed by atoms with Crippen LogP contribution in [-0.4, -0.2) is 17.5 Å². The van der Waals surface area contributed by atoms with Crippen LogP contribution in [0.5, 0.6) is 0 Å². The van der Waals surface area contributed by atoms with Crippen LogP contribution in [0.4, 0.5) is 4.39 Å². The van der Waals surface area contributed by atoms with Gasteiger partial charge in [-0.15, -0.1) is 0 Å². The summed E-state index contributed by atoms with van der Waals surface area (Å²) in [6.45, 7) is 6.12. The largest absolute Gasteiger partial charge is 0.311 e. The van der Waals surface area contributed by atoms with Gasteiger partial charge in [0.25, 0.3) is 0 Å². The zero-order valence-electron chi connectivity index (χ0n) is 11.2. The van der Waals surface area contributed by atoms with E-state index in [2.05, 4.69) is 25.4 Å². The first-order valence-electron chi connectivity index (χ1n) is 6.26. The molecule has 0 saturated heterocycles. The van der Waals surface area contributed by atoms with Gasteiger partial charge in [-0.2, -0.15) is 11.8 Å². The summed E-state index contributed by atoms with van der Waals surface area (Å²) in [4.78, 5) is 0. The van der Waals surface area contributed by atoms with Crippen molar-refractivity contribution >= 4 is 23.4 Å². The van der Waals surface area contributed by atoms with E-state index in [1.165, 1.54) is 6.07 Å². The third-order valence-electron chi connectivity index (χ3n) is 3.48. The van der Waals surface area contributed by atoms with Gasteiger partial charge in [0.2, 0.25) is 0 Å². The minimum Gasteiger partial charge on any atom is -0.311 e. The first kappa shape index (κ1) is 15.8. The summed E-state index contributed by atoms with van der Waals surface area (Å²) in [7, 11) is 0. The Labute approximate surface area is 118 Å². The number of thioether (sulfide) groups is 1. The fourth-order valence-electron chi connectivity index (χ4n) is 1.95. The van der Waals surface area contributed by atoms with Crippen LogP contribution in [0.1, 0.15) is 32.3 Å². The normalized spacial score (nSPS) is 11.8. The van der Waals surface area contributed by atoms with Crippen LogP contribution in [0, 0.1) is 5.82 Å². The number of benzene rings is 1. The van der Waals surface area contributed by atoms with Crippen molar-refractivity contribution in [2.24, 2.45) is 0 Å². The van der Waals surface area contributed by atoms with Crippen LogP contribution in [0.2, 0.25) is 5.02 Å². The molecule has 0 spiro atoms. The van der Waals surface area contributed by atoms with Gasteiger partial charge in [0, 0.05) is 17.8 Å². The topological polar surface area (TPSA) is 12.0 Å². The molecule has 0 aromatic heterocycles. The van der Waals surface area contributed by atoms with E-state index >= 15 is 0 Å². The molecule has 1 N–H and O–H groups in total. The predicted molar refractivity (Wildman–Crippen MR) is 79.9 cm³/mol. The quantitative estimate of drug-likeness (QED) is 0.794. The molecule has 1 nitrogen and oxygen atoms in total. The molecule has 0 bridgehead atoms. The monoisotopic (exact) mass is 289 g/mol. The molecule has 18 heavy (non-hydrogen) atoms. The zero-order valence-corrected chi connectivity index (χ0v) is 12.8. The van der Waals surface area contributed by atoms with E-state index in [1.807, 2.05) is 11.8 Å². The second-order valence-corrected chi connectivity index (χ2v) is 6.13. The molecule has 102 valence electrons. The molecule has 0 heterocycles. The Kier molecular flexibility index (Phi) is 6.47. The SMILES string of the molecule is CCC(CC)(CNCc1ccc(F)c(Cl)c1)SC. The Balaban J connectivity index is 2.52. The Morgan fingerprint density at radius 2 is 2.00 bits per heavy atom. The third-order valence-corrected chi connectivity index (χ3v) is 5.36. The smallest absolute Gasteiger partial charge is 0.141 e. The van der Waals surface area contributed by atoms with E-state index in [9.17, 15) is 4.39 Å². The number of halogens is 2. The highest BCUT2D eigenvalue weighted by molar-refractivity contribution is 8.00. The zero-order chi connectivity index (χ0) is 13.6. The molecular formula is C14H21ClFNS. The van der Waals surface area contributed by atoms with Crippen molar-refractivity contribution in [3.8, 4) is 0 Å². The average molecular weight is 290 g/mol. The Bertz CT molecular complexity index is 372. The highest BCUT2D eigenvalue weighted by Gasteiger charge is 2.23. The van der Waals surface area contributed by atoms with Gasteiger partial charge in [-0.3, -0.25) is 0 Å². The Morgan fingerprint density at radius 3 is 2.50 bits per heavy atom. The minimum absolute atomic E-state index is 0.191. The van der Waals surface area contributed by atoms with E-state index < -0.39 is 0 Å².